The van der Waals surface area contributed by atoms with Crippen molar-refractivity contribution < 1.29 is 48.6 Å². The Balaban J connectivity index is 1.34. The second-order valence-electron chi connectivity index (χ2n) is 10.9. The van der Waals surface area contributed by atoms with E-state index in [1.165, 1.54) is 24.3 Å². The van der Waals surface area contributed by atoms with E-state index in [1.807, 2.05) is 0 Å². The molecular weight excluding hydrogens is 666 g/mol. The molecule has 0 saturated carbocycles. The number of hydrogen-bond acceptors (Lipinski definition) is 3. The van der Waals surface area contributed by atoms with Gasteiger partial charge in [0.2, 0.25) is 0 Å². The van der Waals surface area contributed by atoms with Gasteiger partial charge in [-0.05, 0) is 42.2 Å². The first kappa shape index (κ1) is 35.1. The minimum Gasteiger partial charge on any atom is -0.429 e. The van der Waals surface area contributed by atoms with Crippen LogP contribution in [0.1, 0.15) is 48.4 Å². The molecule has 49 heavy (non-hydrogen) atoms. The lowest BCUT2D eigenvalue weighted by Crippen LogP contribution is -2.25. The standard InChI is InChI=1S/C36H24F10N2O/c1-2-3-4-5-19-17-47-35(48-18-19)22-10-11-25(26(37)12-22)20-6-8-21(9-7-20)32(42)33(43)23-13-27(38)31(28(39)14-23)36(45,46)49-24-15-29(40)34(44)30(41)16-24/h6-18H,2-5H2,1H3/b33-32+. The Hall–Kier alpha value is -5.20. The zero-order valence-electron chi connectivity index (χ0n) is 25.4. The fourth-order valence-electron chi connectivity index (χ4n) is 4.92. The number of halogens is 10. The number of hydrogen-bond donors (Lipinski definition) is 0. The average Bonchev–Trinajstić information content (AvgIpc) is 3.06. The summed E-state index contributed by atoms with van der Waals surface area (Å²) in [6.07, 6.45) is 2.46. The first-order valence-corrected chi connectivity index (χ1v) is 14.8. The molecule has 5 aromatic rings. The van der Waals surface area contributed by atoms with Crippen LogP contribution < -0.4 is 4.74 Å². The Labute approximate surface area is 273 Å². The Bertz CT molecular complexity index is 1970. The van der Waals surface area contributed by atoms with E-state index in [0.717, 1.165) is 43.4 Å². The van der Waals surface area contributed by atoms with Crippen molar-refractivity contribution in [3.05, 3.63) is 136 Å². The summed E-state index contributed by atoms with van der Waals surface area (Å²) in [5, 5.41) is 0. The van der Waals surface area contributed by atoms with Crippen molar-refractivity contribution in [2.75, 3.05) is 0 Å². The summed E-state index contributed by atoms with van der Waals surface area (Å²) in [5.41, 5.74) is -1.84. The Kier molecular flexibility index (Phi) is 10.4. The van der Waals surface area contributed by atoms with Crippen LogP contribution in [0.15, 0.2) is 79.1 Å². The normalized spacial score (nSPS) is 12.2. The van der Waals surface area contributed by atoms with Crippen molar-refractivity contribution in [2.45, 2.75) is 38.7 Å². The van der Waals surface area contributed by atoms with E-state index in [0.29, 0.717) is 11.4 Å². The summed E-state index contributed by atoms with van der Waals surface area (Å²) in [7, 11) is 0. The molecule has 0 fully saturated rings. The summed E-state index contributed by atoms with van der Waals surface area (Å²) in [4.78, 5) is 8.62. The van der Waals surface area contributed by atoms with E-state index in [4.69, 9.17) is 0 Å². The highest BCUT2D eigenvalue weighted by Gasteiger charge is 2.42. The number of benzene rings is 4. The van der Waals surface area contributed by atoms with Gasteiger partial charge in [0.05, 0.1) is 0 Å². The molecule has 0 aliphatic rings. The number of unbranched alkanes of at least 4 members (excludes halogenated alkanes) is 2. The highest BCUT2D eigenvalue weighted by molar-refractivity contribution is 5.84. The van der Waals surface area contributed by atoms with E-state index in [2.05, 4.69) is 21.6 Å². The molecule has 4 aromatic carbocycles. The molecule has 254 valence electrons. The van der Waals surface area contributed by atoms with Crippen molar-refractivity contribution in [1.29, 1.82) is 0 Å². The number of aryl methyl sites for hydroxylation is 1. The molecule has 0 N–H and O–H groups in total. The van der Waals surface area contributed by atoms with E-state index in [1.54, 1.807) is 18.5 Å². The largest absolute Gasteiger partial charge is 0.432 e. The third-order valence-corrected chi connectivity index (χ3v) is 7.43. The summed E-state index contributed by atoms with van der Waals surface area (Å²) < 4.78 is 148. The van der Waals surface area contributed by atoms with Gasteiger partial charge in [-0.2, -0.15) is 8.78 Å². The maximum Gasteiger partial charge on any atom is 0.432 e. The minimum absolute atomic E-state index is 0.0206. The molecule has 0 spiro atoms. The van der Waals surface area contributed by atoms with Gasteiger partial charge in [0.1, 0.15) is 28.8 Å². The fourth-order valence-corrected chi connectivity index (χ4v) is 4.92. The highest BCUT2D eigenvalue weighted by atomic mass is 19.3. The van der Waals surface area contributed by atoms with E-state index in [9.17, 15) is 30.7 Å². The minimum atomic E-state index is -4.92. The predicted octanol–water partition coefficient (Wildman–Crippen LogP) is 11.3. The van der Waals surface area contributed by atoms with Gasteiger partial charge in [-0.15, -0.1) is 0 Å². The molecule has 1 aromatic heterocycles. The molecule has 0 radical (unpaired) electrons. The smallest absolute Gasteiger partial charge is 0.429 e. The van der Waals surface area contributed by atoms with Gasteiger partial charge in [-0.25, -0.2) is 45.1 Å². The topological polar surface area (TPSA) is 35.0 Å². The van der Waals surface area contributed by atoms with Crippen LogP contribution in [0.2, 0.25) is 0 Å². The lowest BCUT2D eigenvalue weighted by Gasteiger charge is -2.20. The van der Waals surface area contributed by atoms with Gasteiger partial charge in [-0.3, -0.25) is 0 Å². The first-order chi connectivity index (χ1) is 23.3. The zero-order valence-corrected chi connectivity index (χ0v) is 25.4. The van der Waals surface area contributed by atoms with Gasteiger partial charge >= 0.3 is 6.11 Å². The summed E-state index contributed by atoms with van der Waals surface area (Å²) in [6, 6.07) is 9.13. The lowest BCUT2D eigenvalue weighted by molar-refractivity contribution is -0.189. The van der Waals surface area contributed by atoms with Gasteiger partial charge in [-0.1, -0.05) is 56.2 Å². The average molecular weight is 691 g/mol. The molecule has 0 bridgehead atoms. The van der Waals surface area contributed by atoms with Crippen LogP contribution in [0, 0.1) is 34.9 Å². The Morgan fingerprint density at radius 1 is 0.653 bits per heavy atom. The van der Waals surface area contributed by atoms with Crippen molar-refractivity contribution in [1.82, 2.24) is 9.97 Å². The predicted molar refractivity (Wildman–Crippen MR) is 162 cm³/mol. The second kappa shape index (κ2) is 14.5. The monoisotopic (exact) mass is 690 g/mol. The SMILES string of the molecule is CCCCCc1cnc(-c2ccc(-c3ccc(/C(F)=C(\F)c4cc(F)c(C(F)(F)Oc5cc(F)c(F)c(F)c5)c(F)c4)cc3)c(F)c2)nc1. The van der Waals surface area contributed by atoms with Crippen LogP contribution in [0.3, 0.4) is 0 Å². The fraction of sp³-hybridized carbons (Fsp3) is 0.167. The Morgan fingerprint density at radius 2 is 1.22 bits per heavy atom. The maximum absolute atomic E-state index is 15.1. The number of rotatable bonds is 11. The molecular formula is C36H24F10N2O. The van der Waals surface area contributed by atoms with Crippen LogP contribution in [-0.2, 0) is 12.5 Å². The van der Waals surface area contributed by atoms with Gasteiger partial charge in [0.25, 0.3) is 0 Å². The summed E-state index contributed by atoms with van der Waals surface area (Å²) >= 11 is 0. The molecule has 5 rings (SSSR count). The van der Waals surface area contributed by atoms with Gasteiger partial charge in [0, 0.05) is 46.8 Å². The maximum atomic E-state index is 15.1. The number of alkyl halides is 2. The Morgan fingerprint density at radius 3 is 1.80 bits per heavy atom. The molecule has 0 atom stereocenters. The number of aromatic nitrogens is 2. The number of ether oxygens (including phenoxy) is 1. The van der Waals surface area contributed by atoms with E-state index >= 15 is 13.2 Å². The molecule has 0 aliphatic heterocycles. The second-order valence-corrected chi connectivity index (χ2v) is 10.9. The van der Waals surface area contributed by atoms with Crippen molar-refractivity contribution >= 4 is 11.7 Å². The van der Waals surface area contributed by atoms with Crippen LogP contribution in [0.25, 0.3) is 34.2 Å². The summed E-state index contributed by atoms with van der Waals surface area (Å²) in [6.45, 7) is 2.10. The highest BCUT2D eigenvalue weighted by Crippen LogP contribution is 2.39. The van der Waals surface area contributed by atoms with E-state index in [-0.39, 0.29) is 35.4 Å². The van der Waals surface area contributed by atoms with Crippen molar-refractivity contribution in [3.8, 4) is 28.3 Å². The van der Waals surface area contributed by atoms with E-state index < -0.39 is 75.1 Å². The quantitative estimate of drug-likeness (QED) is 0.0599. The van der Waals surface area contributed by atoms with Crippen molar-refractivity contribution in [2.24, 2.45) is 0 Å². The third-order valence-electron chi connectivity index (χ3n) is 7.43. The molecule has 0 aliphatic carbocycles. The van der Waals surface area contributed by atoms with Gasteiger partial charge < -0.3 is 4.74 Å². The first-order valence-electron chi connectivity index (χ1n) is 14.8. The van der Waals surface area contributed by atoms with Gasteiger partial charge in [0.15, 0.2) is 34.9 Å². The zero-order chi connectivity index (χ0) is 35.5. The molecule has 0 amide bonds. The summed E-state index contributed by atoms with van der Waals surface area (Å²) in [5.74, 6) is -15.1. The van der Waals surface area contributed by atoms with Crippen LogP contribution in [-0.4, -0.2) is 9.97 Å². The third kappa shape index (κ3) is 7.76. The molecule has 1 heterocycles. The van der Waals surface area contributed by atoms with Crippen LogP contribution in [0.5, 0.6) is 5.75 Å². The molecule has 0 unspecified atom stereocenters. The van der Waals surface area contributed by atoms with Crippen LogP contribution in [0.4, 0.5) is 43.9 Å². The number of nitrogens with zero attached hydrogens (tertiary/aromatic N) is 2. The molecule has 0 saturated heterocycles. The molecule has 13 heteroatoms. The van der Waals surface area contributed by atoms with Crippen LogP contribution >= 0.6 is 0 Å². The molecule has 3 nitrogen and oxygen atoms in total. The van der Waals surface area contributed by atoms with Crippen molar-refractivity contribution in [3.63, 3.8) is 0 Å². The lowest BCUT2D eigenvalue weighted by atomic mass is 10.0.